The van der Waals surface area contributed by atoms with Crippen molar-refractivity contribution in [1.82, 2.24) is 0 Å². The van der Waals surface area contributed by atoms with Gasteiger partial charge in [-0.25, -0.2) is 0 Å². The molecule has 88 valence electrons. The van der Waals surface area contributed by atoms with Crippen LogP contribution in [-0.2, 0) is 4.74 Å². The average Bonchev–Trinajstić information content (AvgIpc) is 2.53. The third-order valence-electron chi connectivity index (χ3n) is 2.76. The molecule has 1 atom stereocenters. The van der Waals surface area contributed by atoms with Crippen molar-refractivity contribution in [3.8, 4) is 0 Å². The van der Waals surface area contributed by atoms with Gasteiger partial charge in [0.15, 0.2) is 0 Å². The second kappa shape index (κ2) is 5.76. The van der Waals surface area contributed by atoms with E-state index in [-0.39, 0.29) is 0 Å². The molecular formula is C12H15Cl2NO. The Morgan fingerprint density at radius 2 is 2.06 bits per heavy atom. The zero-order valence-electron chi connectivity index (χ0n) is 9.01. The van der Waals surface area contributed by atoms with Gasteiger partial charge in [0.05, 0.1) is 15.7 Å². The lowest BCUT2D eigenvalue weighted by molar-refractivity contribution is 0.144. The minimum Gasteiger partial charge on any atom is -0.381 e. The molecule has 1 fully saturated rings. The maximum absolute atomic E-state index is 6.13. The maximum Gasteiger partial charge on any atom is 0.0823 e. The first-order valence-electron chi connectivity index (χ1n) is 5.55. The topological polar surface area (TPSA) is 21.3 Å². The summed E-state index contributed by atoms with van der Waals surface area (Å²) in [5, 5.41) is 4.63. The summed E-state index contributed by atoms with van der Waals surface area (Å²) in [6.45, 7) is 1.68. The second-order valence-corrected chi connectivity index (χ2v) is 4.77. The van der Waals surface area contributed by atoms with Gasteiger partial charge in [-0.2, -0.15) is 0 Å². The largest absolute Gasteiger partial charge is 0.381 e. The molecule has 1 unspecified atom stereocenters. The van der Waals surface area contributed by atoms with Crippen LogP contribution in [0.5, 0.6) is 0 Å². The van der Waals surface area contributed by atoms with Crippen molar-refractivity contribution in [3.63, 3.8) is 0 Å². The van der Waals surface area contributed by atoms with E-state index in [1.165, 1.54) is 0 Å². The molecule has 0 aliphatic carbocycles. The molecule has 1 saturated heterocycles. The molecule has 1 aliphatic rings. The Morgan fingerprint density at radius 3 is 2.94 bits per heavy atom. The predicted octanol–water partition coefficient (Wildman–Crippen LogP) is 3.97. The number of halogens is 2. The van der Waals surface area contributed by atoms with Crippen molar-refractivity contribution in [2.45, 2.75) is 25.3 Å². The van der Waals surface area contributed by atoms with Crippen LogP contribution >= 0.6 is 23.2 Å². The van der Waals surface area contributed by atoms with Gasteiger partial charge in [-0.3, -0.25) is 0 Å². The van der Waals surface area contributed by atoms with Crippen LogP contribution in [0.25, 0.3) is 0 Å². The lowest BCUT2D eigenvalue weighted by atomic mass is 10.1. The van der Waals surface area contributed by atoms with E-state index in [1.54, 1.807) is 6.07 Å². The fourth-order valence-corrected chi connectivity index (χ4v) is 2.24. The number of anilines is 1. The molecule has 1 aliphatic heterocycles. The van der Waals surface area contributed by atoms with Crippen LogP contribution in [0.15, 0.2) is 18.2 Å². The van der Waals surface area contributed by atoms with Gasteiger partial charge in [-0.15, -0.1) is 0 Å². The van der Waals surface area contributed by atoms with Crippen molar-refractivity contribution >= 4 is 28.9 Å². The lowest BCUT2D eigenvalue weighted by Crippen LogP contribution is -2.19. The number of hydrogen-bond donors (Lipinski definition) is 1. The molecule has 0 saturated carbocycles. The van der Waals surface area contributed by atoms with E-state index in [0.717, 1.165) is 38.2 Å². The van der Waals surface area contributed by atoms with E-state index in [1.807, 2.05) is 12.1 Å². The summed E-state index contributed by atoms with van der Waals surface area (Å²) < 4.78 is 5.42. The van der Waals surface area contributed by atoms with Crippen molar-refractivity contribution in [3.05, 3.63) is 28.2 Å². The Labute approximate surface area is 106 Å². The van der Waals surface area contributed by atoms with Crippen molar-refractivity contribution in [1.29, 1.82) is 0 Å². The van der Waals surface area contributed by atoms with E-state index >= 15 is 0 Å². The summed E-state index contributed by atoms with van der Waals surface area (Å²) in [6, 6.07) is 6.09. The lowest BCUT2D eigenvalue weighted by Gasteiger charge is -2.18. The van der Waals surface area contributed by atoms with Crippen molar-refractivity contribution < 1.29 is 4.74 Å². The first kappa shape index (κ1) is 12.0. The molecule has 4 heteroatoms. The van der Waals surface area contributed by atoms with Crippen LogP contribution in [0.3, 0.4) is 0 Å². The fourth-order valence-electron chi connectivity index (χ4n) is 1.88. The first-order chi connectivity index (χ1) is 7.77. The first-order valence-corrected chi connectivity index (χ1v) is 6.31. The van der Waals surface area contributed by atoms with E-state index in [0.29, 0.717) is 16.1 Å². The molecule has 2 rings (SSSR count). The average molecular weight is 260 g/mol. The van der Waals surface area contributed by atoms with Gasteiger partial charge >= 0.3 is 0 Å². The molecule has 2 nitrogen and oxygen atoms in total. The molecule has 1 N–H and O–H groups in total. The van der Waals surface area contributed by atoms with Gasteiger partial charge < -0.3 is 10.1 Å². The summed E-state index contributed by atoms with van der Waals surface area (Å²) in [5.41, 5.74) is 0.918. The smallest absolute Gasteiger partial charge is 0.0823 e. The van der Waals surface area contributed by atoms with Gasteiger partial charge in [0, 0.05) is 19.3 Å². The molecule has 0 amide bonds. The standard InChI is InChI=1S/C12H15Cl2NO/c13-10-4-1-5-11(12(10)14)15-9-3-2-7-16-8-6-9/h1,4-5,9,15H,2-3,6-8H2. The fraction of sp³-hybridized carbons (Fsp3) is 0.500. The molecule has 1 aromatic carbocycles. The summed E-state index contributed by atoms with van der Waals surface area (Å²) in [4.78, 5) is 0. The third-order valence-corrected chi connectivity index (χ3v) is 3.58. The number of benzene rings is 1. The number of hydrogen-bond acceptors (Lipinski definition) is 2. The Bertz CT molecular complexity index is 349. The normalized spacial score (nSPS) is 21.5. The van der Waals surface area contributed by atoms with E-state index in [2.05, 4.69) is 5.32 Å². The Hall–Kier alpha value is -0.440. The summed E-state index contributed by atoms with van der Waals surface area (Å²) >= 11 is 12.1. The predicted molar refractivity (Wildman–Crippen MR) is 68.5 cm³/mol. The quantitative estimate of drug-likeness (QED) is 0.868. The Balaban J connectivity index is 2.04. The van der Waals surface area contributed by atoms with Gasteiger partial charge in [-0.05, 0) is 31.4 Å². The monoisotopic (exact) mass is 259 g/mol. The summed E-state index contributed by atoms with van der Waals surface area (Å²) in [6.07, 6.45) is 3.22. The van der Waals surface area contributed by atoms with Gasteiger partial charge in [0.2, 0.25) is 0 Å². The maximum atomic E-state index is 6.13. The zero-order valence-corrected chi connectivity index (χ0v) is 10.5. The molecular weight excluding hydrogens is 245 g/mol. The zero-order chi connectivity index (χ0) is 11.4. The van der Waals surface area contributed by atoms with Crippen molar-refractivity contribution in [2.75, 3.05) is 18.5 Å². The minimum absolute atomic E-state index is 0.429. The SMILES string of the molecule is Clc1cccc(NC2CCCOCC2)c1Cl. The molecule has 1 aromatic rings. The highest BCUT2D eigenvalue weighted by atomic mass is 35.5. The van der Waals surface area contributed by atoms with Crippen LogP contribution in [0, 0.1) is 0 Å². The van der Waals surface area contributed by atoms with E-state index < -0.39 is 0 Å². The van der Waals surface area contributed by atoms with Crippen LogP contribution in [-0.4, -0.2) is 19.3 Å². The number of ether oxygens (including phenoxy) is 1. The Morgan fingerprint density at radius 1 is 1.19 bits per heavy atom. The highest BCUT2D eigenvalue weighted by Crippen LogP contribution is 2.30. The van der Waals surface area contributed by atoms with Crippen LogP contribution in [0.4, 0.5) is 5.69 Å². The summed E-state index contributed by atoms with van der Waals surface area (Å²) in [5.74, 6) is 0. The van der Waals surface area contributed by atoms with Gasteiger partial charge in [0.1, 0.15) is 0 Å². The molecule has 0 spiro atoms. The molecule has 16 heavy (non-hydrogen) atoms. The van der Waals surface area contributed by atoms with Gasteiger partial charge in [-0.1, -0.05) is 29.3 Å². The van der Waals surface area contributed by atoms with Gasteiger partial charge in [0.25, 0.3) is 0 Å². The summed E-state index contributed by atoms with van der Waals surface area (Å²) in [7, 11) is 0. The molecule has 0 aromatic heterocycles. The molecule has 0 radical (unpaired) electrons. The number of rotatable bonds is 2. The van der Waals surface area contributed by atoms with E-state index in [4.69, 9.17) is 27.9 Å². The van der Waals surface area contributed by atoms with Crippen LogP contribution < -0.4 is 5.32 Å². The van der Waals surface area contributed by atoms with Crippen LogP contribution in [0.1, 0.15) is 19.3 Å². The second-order valence-electron chi connectivity index (χ2n) is 3.99. The van der Waals surface area contributed by atoms with Crippen molar-refractivity contribution in [2.24, 2.45) is 0 Å². The third kappa shape index (κ3) is 3.03. The molecule has 1 heterocycles. The van der Waals surface area contributed by atoms with Crippen LogP contribution in [0.2, 0.25) is 10.0 Å². The minimum atomic E-state index is 0.429. The van der Waals surface area contributed by atoms with E-state index in [9.17, 15) is 0 Å². The number of nitrogens with one attached hydrogen (secondary N) is 1. The highest BCUT2D eigenvalue weighted by Gasteiger charge is 2.14. The molecule has 0 bridgehead atoms. The Kier molecular flexibility index (Phi) is 4.33. The highest BCUT2D eigenvalue weighted by molar-refractivity contribution is 6.43.